The summed E-state index contributed by atoms with van der Waals surface area (Å²) in [6, 6.07) is 8.29. The lowest BCUT2D eigenvalue weighted by Gasteiger charge is -2.23. The number of rotatable bonds is 6. The molecule has 1 atom stereocenters. The minimum atomic E-state index is 0.558. The molecule has 0 amide bonds. The molecule has 1 fully saturated rings. The van der Waals surface area contributed by atoms with E-state index in [4.69, 9.17) is 14.7 Å². The van der Waals surface area contributed by atoms with Crippen molar-refractivity contribution in [3.63, 3.8) is 0 Å². The fourth-order valence-corrected chi connectivity index (χ4v) is 2.50. The number of benzene rings is 1. The Kier molecular flexibility index (Phi) is 5.85. The summed E-state index contributed by atoms with van der Waals surface area (Å²) in [4.78, 5) is 0. The van der Waals surface area contributed by atoms with Crippen LogP contribution in [0.2, 0.25) is 0 Å². The Hall–Kier alpha value is -1.57. The SMILES string of the molecule is COc1cc(COCCC2CCCCN2)ccc1C#N. The minimum absolute atomic E-state index is 0.558. The number of hydrogen-bond acceptors (Lipinski definition) is 4. The van der Waals surface area contributed by atoms with E-state index in [1.807, 2.05) is 12.1 Å². The van der Waals surface area contributed by atoms with Crippen LogP contribution in [0.25, 0.3) is 0 Å². The van der Waals surface area contributed by atoms with Crippen LogP contribution in [-0.2, 0) is 11.3 Å². The molecule has 4 heteroatoms. The van der Waals surface area contributed by atoms with Crippen LogP contribution < -0.4 is 10.1 Å². The van der Waals surface area contributed by atoms with Gasteiger partial charge >= 0.3 is 0 Å². The average Bonchev–Trinajstić information content (AvgIpc) is 2.52. The van der Waals surface area contributed by atoms with Gasteiger partial charge in [0, 0.05) is 12.6 Å². The number of hydrogen-bond donors (Lipinski definition) is 1. The molecule has 0 saturated carbocycles. The maximum absolute atomic E-state index is 8.93. The van der Waals surface area contributed by atoms with E-state index in [0.717, 1.165) is 25.1 Å². The number of ether oxygens (including phenoxy) is 2. The highest BCUT2D eigenvalue weighted by atomic mass is 16.5. The fourth-order valence-electron chi connectivity index (χ4n) is 2.50. The first-order valence-corrected chi connectivity index (χ1v) is 7.21. The molecule has 0 spiro atoms. The second-order valence-electron chi connectivity index (χ2n) is 5.13. The van der Waals surface area contributed by atoms with Crippen LogP contribution >= 0.6 is 0 Å². The molecule has 0 bridgehead atoms. The van der Waals surface area contributed by atoms with E-state index in [-0.39, 0.29) is 0 Å². The van der Waals surface area contributed by atoms with E-state index in [1.165, 1.54) is 19.3 Å². The van der Waals surface area contributed by atoms with Crippen molar-refractivity contribution in [2.45, 2.75) is 38.3 Å². The van der Waals surface area contributed by atoms with Crippen LogP contribution in [0.5, 0.6) is 5.75 Å². The summed E-state index contributed by atoms with van der Waals surface area (Å²) in [6.07, 6.45) is 4.94. The Bertz CT molecular complexity index is 462. The highest BCUT2D eigenvalue weighted by Gasteiger charge is 2.11. The molecule has 1 aliphatic rings. The molecule has 20 heavy (non-hydrogen) atoms. The summed E-state index contributed by atoms with van der Waals surface area (Å²) in [5, 5.41) is 12.4. The van der Waals surface area contributed by atoms with Crippen LogP contribution in [0.4, 0.5) is 0 Å². The first-order valence-electron chi connectivity index (χ1n) is 7.21. The van der Waals surface area contributed by atoms with E-state index in [1.54, 1.807) is 13.2 Å². The summed E-state index contributed by atoms with van der Waals surface area (Å²) in [7, 11) is 1.58. The average molecular weight is 274 g/mol. The minimum Gasteiger partial charge on any atom is -0.495 e. The summed E-state index contributed by atoms with van der Waals surface area (Å²) in [6.45, 7) is 2.46. The third-order valence-electron chi connectivity index (χ3n) is 3.68. The van der Waals surface area contributed by atoms with E-state index in [0.29, 0.717) is 24.0 Å². The molecule has 1 saturated heterocycles. The summed E-state index contributed by atoms with van der Waals surface area (Å²) >= 11 is 0. The highest BCUT2D eigenvalue weighted by Crippen LogP contribution is 2.19. The molecule has 0 aromatic heterocycles. The molecule has 1 aromatic rings. The van der Waals surface area contributed by atoms with Gasteiger partial charge in [-0.1, -0.05) is 12.5 Å². The van der Waals surface area contributed by atoms with Crippen molar-refractivity contribution >= 4 is 0 Å². The van der Waals surface area contributed by atoms with E-state index >= 15 is 0 Å². The number of nitrogens with zero attached hydrogens (tertiary/aromatic N) is 1. The molecule has 1 heterocycles. The van der Waals surface area contributed by atoms with Gasteiger partial charge in [-0.05, 0) is 43.5 Å². The van der Waals surface area contributed by atoms with Gasteiger partial charge in [0.1, 0.15) is 11.8 Å². The predicted octanol–water partition coefficient (Wildman–Crippen LogP) is 2.62. The van der Waals surface area contributed by atoms with Gasteiger partial charge < -0.3 is 14.8 Å². The molecule has 1 unspecified atom stereocenters. The molecule has 1 N–H and O–H groups in total. The lowest BCUT2D eigenvalue weighted by atomic mass is 10.0. The summed E-state index contributed by atoms with van der Waals surface area (Å²) in [5.74, 6) is 0.613. The molecule has 1 aromatic carbocycles. The Morgan fingerprint density at radius 3 is 3.00 bits per heavy atom. The normalized spacial score (nSPS) is 18.5. The Morgan fingerprint density at radius 2 is 2.30 bits per heavy atom. The smallest absolute Gasteiger partial charge is 0.136 e. The summed E-state index contributed by atoms with van der Waals surface area (Å²) < 4.78 is 10.9. The van der Waals surface area contributed by atoms with Crippen molar-refractivity contribution in [1.82, 2.24) is 5.32 Å². The van der Waals surface area contributed by atoms with Crippen LogP contribution in [0.1, 0.15) is 36.8 Å². The van der Waals surface area contributed by atoms with Crippen molar-refractivity contribution in [3.05, 3.63) is 29.3 Å². The molecular weight excluding hydrogens is 252 g/mol. The van der Waals surface area contributed by atoms with Gasteiger partial charge in [-0.2, -0.15) is 5.26 Å². The molecular formula is C16H22N2O2. The van der Waals surface area contributed by atoms with Crippen molar-refractivity contribution in [1.29, 1.82) is 5.26 Å². The Balaban J connectivity index is 1.75. The van der Waals surface area contributed by atoms with E-state index in [9.17, 15) is 0 Å². The summed E-state index contributed by atoms with van der Waals surface area (Å²) in [5.41, 5.74) is 1.60. The van der Waals surface area contributed by atoms with Gasteiger partial charge in [-0.25, -0.2) is 0 Å². The van der Waals surface area contributed by atoms with Crippen molar-refractivity contribution in [3.8, 4) is 11.8 Å². The third-order valence-corrected chi connectivity index (χ3v) is 3.68. The van der Waals surface area contributed by atoms with Gasteiger partial charge in [0.2, 0.25) is 0 Å². The van der Waals surface area contributed by atoms with Crippen LogP contribution in [0, 0.1) is 11.3 Å². The molecule has 108 valence electrons. The lowest BCUT2D eigenvalue weighted by Crippen LogP contribution is -2.34. The van der Waals surface area contributed by atoms with E-state index in [2.05, 4.69) is 11.4 Å². The van der Waals surface area contributed by atoms with Crippen molar-refractivity contribution in [2.75, 3.05) is 20.3 Å². The topological polar surface area (TPSA) is 54.3 Å². The number of methoxy groups -OCH3 is 1. The van der Waals surface area contributed by atoms with E-state index < -0.39 is 0 Å². The quantitative estimate of drug-likeness (QED) is 0.810. The van der Waals surface area contributed by atoms with Crippen molar-refractivity contribution in [2.24, 2.45) is 0 Å². The van der Waals surface area contributed by atoms with Gasteiger partial charge in [0.15, 0.2) is 0 Å². The second-order valence-corrected chi connectivity index (χ2v) is 5.13. The zero-order chi connectivity index (χ0) is 14.2. The number of piperidine rings is 1. The van der Waals surface area contributed by atoms with Gasteiger partial charge in [-0.3, -0.25) is 0 Å². The van der Waals surface area contributed by atoms with Gasteiger partial charge in [-0.15, -0.1) is 0 Å². The third kappa shape index (κ3) is 4.22. The van der Waals surface area contributed by atoms with Crippen LogP contribution in [0.15, 0.2) is 18.2 Å². The zero-order valence-electron chi connectivity index (χ0n) is 12.0. The van der Waals surface area contributed by atoms with Gasteiger partial charge in [0.05, 0.1) is 19.3 Å². The zero-order valence-corrected chi connectivity index (χ0v) is 12.0. The molecule has 0 aliphatic carbocycles. The Morgan fingerprint density at radius 1 is 1.40 bits per heavy atom. The molecule has 2 rings (SSSR count). The predicted molar refractivity (Wildman–Crippen MR) is 77.6 cm³/mol. The maximum Gasteiger partial charge on any atom is 0.136 e. The first kappa shape index (κ1) is 14.8. The molecule has 1 aliphatic heterocycles. The molecule has 4 nitrogen and oxygen atoms in total. The number of nitriles is 1. The van der Waals surface area contributed by atoms with Crippen molar-refractivity contribution < 1.29 is 9.47 Å². The Labute approximate surface area is 120 Å². The lowest BCUT2D eigenvalue weighted by molar-refractivity contribution is 0.108. The standard InChI is InChI=1S/C16H22N2O2/c1-19-16-10-13(5-6-14(16)11-17)12-20-9-7-15-4-2-3-8-18-15/h5-6,10,15,18H,2-4,7-9,12H2,1H3. The van der Waals surface area contributed by atoms with Crippen LogP contribution in [0.3, 0.4) is 0 Å². The van der Waals surface area contributed by atoms with Crippen LogP contribution in [-0.4, -0.2) is 26.3 Å². The van der Waals surface area contributed by atoms with Gasteiger partial charge in [0.25, 0.3) is 0 Å². The maximum atomic E-state index is 8.93. The highest BCUT2D eigenvalue weighted by molar-refractivity contribution is 5.45. The molecule has 0 radical (unpaired) electrons. The second kappa shape index (κ2) is 7.88. The first-order chi connectivity index (χ1) is 9.83. The monoisotopic (exact) mass is 274 g/mol. The number of nitrogens with one attached hydrogen (secondary N) is 1. The largest absolute Gasteiger partial charge is 0.495 e. The fraction of sp³-hybridized carbons (Fsp3) is 0.562.